The Labute approximate surface area is 105 Å². The summed E-state index contributed by atoms with van der Waals surface area (Å²) in [6, 6.07) is 0.560. The Morgan fingerprint density at radius 1 is 1.47 bits per heavy atom. The monoisotopic (exact) mass is 265 g/mol. The van der Waals surface area contributed by atoms with Crippen LogP contribution in [0.5, 0.6) is 0 Å². The Morgan fingerprint density at radius 2 is 2.16 bits per heavy atom. The van der Waals surface area contributed by atoms with Gasteiger partial charge in [0.05, 0.1) is 5.52 Å². The summed E-state index contributed by atoms with van der Waals surface area (Å²) < 4.78 is 28.7. The van der Waals surface area contributed by atoms with Crippen LogP contribution in [0.2, 0.25) is 0 Å². The lowest BCUT2D eigenvalue weighted by atomic mass is 10.1. The number of carboxylic acid groups (broad SMARTS) is 1. The Kier molecular flexibility index (Phi) is 2.26. The summed E-state index contributed by atoms with van der Waals surface area (Å²) >= 11 is 0. The number of hydrogen-bond donors (Lipinski definition) is 1. The highest BCUT2D eigenvalue weighted by atomic mass is 19.2. The largest absolute Gasteiger partial charge is 0.477 e. The fraction of sp³-hybridized carbons (Fsp3) is 0.231. The lowest BCUT2D eigenvalue weighted by Gasteiger charge is -2.10. The van der Waals surface area contributed by atoms with Crippen LogP contribution in [0.1, 0.15) is 28.9 Å². The molecular formula is C13H9F2NO3. The average molecular weight is 265 g/mol. The minimum Gasteiger partial charge on any atom is -0.477 e. The second-order valence-electron chi connectivity index (χ2n) is 4.68. The van der Waals surface area contributed by atoms with Crippen molar-refractivity contribution >= 4 is 16.9 Å². The molecular weight excluding hydrogens is 256 g/mol. The van der Waals surface area contributed by atoms with E-state index in [-0.39, 0.29) is 23.4 Å². The van der Waals surface area contributed by atoms with Gasteiger partial charge >= 0.3 is 5.97 Å². The SMILES string of the molecule is C[C@@H]1Cc2c(F)c(F)cc3c(=O)c(C(=O)O)cn1c23. The zero-order valence-electron chi connectivity index (χ0n) is 9.91. The molecule has 19 heavy (non-hydrogen) atoms. The molecule has 0 saturated heterocycles. The summed E-state index contributed by atoms with van der Waals surface area (Å²) in [7, 11) is 0. The van der Waals surface area contributed by atoms with Crippen molar-refractivity contribution in [2.45, 2.75) is 19.4 Å². The number of aromatic nitrogens is 1. The van der Waals surface area contributed by atoms with Crippen LogP contribution >= 0.6 is 0 Å². The molecule has 1 aromatic heterocycles. The molecule has 0 radical (unpaired) electrons. The van der Waals surface area contributed by atoms with Gasteiger partial charge in [-0.3, -0.25) is 4.79 Å². The van der Waals surface area contributed by atoms with Gasteiger partial charge in [-0.15, -0.1) is 0 Å². The van der Waals surface area contributed by atoms with E-state index in [0.717, 1.165) is 6.07 Å². The third-order valence-corrected chi connectivity index (χ3v) is 3.51. The minimum absolute atomic E-state index is 0.0850. The third kappa shape index (κ3) is 1.43. The second-order valence-corrected chi connectivity index (χ2v) is 4.68. The molecule has 4 nitrogen and oxygen atoms in total. The molecule has 3 rings (SSSR count). The molecule has 0 fully saturated rings. The van der Waals surface area contributed by atoms with Crippen molar-refractivity contribution < 1.29 is 18.7 Å². The van der Waals surface area contributed by atoms with E-state index in [2.05, 4.69) is 0 Å². The highest BCUT2D eigenvalue weighted by Crippen LogP contribution is 2.34. The number of carboxylic acids is 1. The standard InChI is InChI=1S/C13H9F2NO3/c1-5-2-6-10(15)9(14)3-7-11(6)16(5)4-8(12(7)17)13(18)19/h3-5H,2H2,1H3,(H,18,19)/t5-/m1/s1. The van der Waals surface area contributed by atoms with Gasteiger partial charge in [-0.25, -0.2) is 13.6 Å². The summed E-state index contributed by atoms with van der Waals surface area (Å²) in [6.07, 6.45) is 1.44. The summed E-state index contributed by atoms with van der Waals surface area (Å²) in [5, 5.41) is 8.91. The van der Waals surface area contributed by atoms with Crippen LogP contribution in [0.3, 0.4) is 0 Å². The molecule has 1 aromatic carbocycles. The lowest BCUT2D eigenvalue weighted by Crippen LogP contribution is -2.18. The fourth-order valence-corrected chi connectivity index (χ4v) is 2.62. The molecule has 1 aliphatic rings. The van der Waals surface area contributed by atoms with Gasteiger partial charge in [0.2, 0.25) is 5.43 Å². The minimum atomic E-state index is -1.37. The first-order valence-corrected chi connectivity index (χ1v) is 5.71. The van der Waals surface area contributed by atoms with E-state index in [4.69, 9.17) is 5.11 Å². The molecule has 0 aliphatic carbocycles. The van der Waals surface area contributed by atoms with Crippen molar-refractivity contribution in [2.75, 3.05) is 0 Å². The van der Waals surface area contributed by atoms with Crippen LogP contribution in [0.25, 0.3) is 10.9 Å². The van der Waals surface area contributed by atoms with Gasteiger partial charge in [-0.1, -0.05) is 0 Å². The van der Waals surface area contributed by atoms with Gasteiger partial charge in [0.15, 0.2) is 11.6 Å². The molecule has 6 heteroatoms. The van der Waals surface area contributed by atoms with Crippen molar-refractivity contribution in [1.29, 1.82) is 0 Å². The third-order valence-electron chi connectivity index (χ3n) is 3.51. The predicted molar refractivity (Wildman–Crippen MR) is 63.5 cm³/mol. The molecule has 0 saturated carbocycles. The Balaban J connectivity index is 2.57. The molecule has 1 aliphatic heterocycles. The molecule has 2 heterocycles. The molecule has 1 N–H and O–H groups in total. The van der Waals surface area contributed by atoms with Gasteiger partial charge in [0.25, 0.3) is 0 Å². The van der Waals surface area contributed by atoms with E-state index in [1.807, 2.05) is 0 Å². The second kappa shape index (κ2) is 3.63. The van der Waals surface area contributed by atoms with Crippen molar-refractivity contribution in [3.63, 3.8) is 0 Å². The number of hydrogen-bond acceptors (Lipinski definition) is 2. The average Bonchev–Trinajstić information content (AvgIpc) is 2.67. The smallest absolute Gasteiger partial charge is 0.341 e. The number of benzene rings is 1. The molecule has 0 bridgehead atoms. The van der Waals surface area contributed by atoms with Gasteiger partial charge in [0.1, 0.15) is 5.56 Å². The quantitative estimate of drug-likeness (QED) is 0.859. The number of carbonyl (C=O) groups is 1. The van der Waals surface area contributed by atoms with E-state index in [1.54, 1.807) is 6.92 Å². The van der Waals surface area contributed by atoms with Gasteiger partial charge in [0, 0.05) is 23.2 Å². The van der Waals surface area contributed by atoms with Crippen LogP contribution in [0.4, 0.5) is 8.78 Å². The molecule has 1 atom stereocenters. The highest BCUT2D eigenvalue weighted by Gasteiger charge is 2.28. The fourth-order valence-electron chi connectivity index (χ4n) is 2.62. The predicted octanol–water partition coefficient (Wildman–Crippen LogP) is 2.09. The highest BCUT2D eigenvalue weighted by molar-refractivity contribution is 5.94. The number of nitrogens with zero attached hydrogens (tertiary/aromatic N) is 1. The Hall–Kier alpha value is -2.24. The molecule has 2 aromatic rings. The molecule has 98 valence electrons. The molecule has 0 amide bonds. The van der Waals surface area contributed by atoms with Crippen molar-refractivity contribution in [3.8, 4) is 0 Å². The number of pyridine rings is 1. The summed E-state index contributed by atoms with van der Waals surface area (Å²) in [5.41, 5.74) is -0.788. The Morgan fingerprint density at radius 3 is 2.79 bits per heavy atom. The van der Waals surface area contributed by atoms with Crippen molar-refractivity contribution in [1.82, 2.24) is 4.57 Å². The zero-order valence-corrected chi connectivity index (χ0v) is 9.91. The first-order valence-electron chi connectivity index (χ1n) is 5.71. The summed E-state index contributed by atoms with van der Waals surface area (Å²) in [4.78, 5) is 23.0. The van der Waals surface area contributed by atoms with Crippen LogP contribution in [0, 0.1) is 11.6 Å². The van der Waals surface area contributed by atoms with Crippen LogP contribution < -0.4 is 5.43 Å². The van der Waals surface area contributed by atoms with E-state index in [0.29, 0.717) is 5.52 Å². The van der Waals surface area contributed by atoms with Crippen LogP contribution in [-0.2, 0) is 6.42 Å². The van der Waals surface area contributed by atoms with Crippen LogP contribution in [-0.4, -0.2) is 15.6 Å². The van der Waals surface area contributed by atoms with E-state index in [9.17, 15) is 18.4 Å². The lowest BCUT2D eigenvalue weighted by molar-refractivity contribution is 0.0695. The van der Waals surface area contributed by atoms with Gasteiger partial charge in [-0.2, -0.15) is 0 Å². The summed E-state index contributed by atoms with van der Waals surface area (Å²) in [5.74, 6) is -3.46. The molecule has 0 spiro atoms. The maximum Gasteiger partial charge on any atom is 0.341 e. The van der Waals surface area contributed by atoms with E-state index < -0.39 is 28.6 Å². The van der Waals surface area contributed by atoms with Crippen molar-refractivity contribution in [2.24, 2.45) is 0 Å². The zero-order chi connectivity index (χ0) is 13.9. The van der Waals surface area contributed by atoms with Gasteiger partial charge < -0.3 is 9.67 Å². The number of aromatic carboxylic acids is 1. The molecule has 0 unspecified atom stereocenters. The maximum absolute atomic E-state index is 13.7. The Bertz CT molecular complexity index is 795. The van der Waals surface area contributed by atoms with E-state index in [1.165, 1.54) is 10.8 Å². The van der Waals surface area contributed by atoms with Crippen molar-refractivity contribution in [3.05, 3.63) is 45.2 Å². The number of rotatable bonds is 1. The van der Waals surface area contributed by atoms with E-state index >= 15 is 0 Å². The normalized spacial score (nSPS) is 17.1. The van der Waals surface area contributed by atoms with Crippen LogP contribution in [0.15, 0.2) is 17.1 Å². The topological polar surface area (TPSA) is 59.3 Å². The first kappa shape index (κ1) is 11.8. The van der Waals surface area contributed by atoms with Gasteiger partial charge in [-0.05, 0) is 19.4 Å². The summed E-state index contributed by atoms with van der Waals surface area (Å²) in [6.45, 7) is 1.76. The number of halogens is 2. The maximum atomic E-state index is 13.7. The first-order chi connectivity index (χ1) is 8.91.